The van der Waals surface area contributed by atoms with E-state index in [9.17, 15) is 9.59 Å². The zero-order valence-corrected chi connectivity index (χ0v) is 20.1. The number of hydrogen-bond donors (Lipinski definition) is 2. The van der Waals surface area contributed by atoms with E-state index in [4.69, 9.17) is 37.5 Å². The van der Waals surface area contributed by atoms with E-state index in [-0.39, 0.29) is 13.0 Å². The molecule has 0 bridgehead atoms. The first-order chi connectivity index (χ1) is 15.5. The molecule has 1 unspecified atom stereocenters. The van der Waals surface area contributed by atoms with Gasteiger partial charge in [0.2, 0.25) is 0 Å². The molecule has 10 nitrogen and oxygen atoms in total. The Morgan fingerprint density at radius 3 is 2.55 bits per heavy atom. The second-order valence-electron chi connectivity index (χ2n) is 8.17. The SMILES string of the molecule is COCCC(C(=O)OC(C)(C)C)n1cc(OC)c(-c2cc(Cl)ccc2N(N)/C=N\N)cc1=O. The third-order valence-corrected chi connectivity index (χ3v) is 4.83. The molecule has 1 aromatic carbocycles. The van der Waals surface area contributed by atoms with Gasteiger partial charge in [0.05, 0.1) is 19.0 Å². The Morgan fingerprint density at radius 2 is 1.97 bits per heavy atom. The maximum Gasteiger partial charge on any atom is 0.329 e. The van der Waals surface area contributed by atoms with E-state index in [0.717, 1.165) is 0 Å². The number of ether oxygens (including phenoxy) is 3. The Morgan fingerprint density at radius 1 is 1.27 bits per heavy atom. The third-order valence-electron chi connectivity index (χ3n) is 4.59. The Kier molecular flexibility index (Phi) is 8.86. The number of nitrogens with zero attached hydrogens (tertiary/aromatic N) is 3. The molecule has 1 aromatic heterocycles. The number of carbonyl (C=O) groups is 1. The number of hydrazine groups is 1. The van der Waals surface area contributed by atoms with Gasteiger partial charge in [-0.3, -0.25) is 14.4 Å². The van der Waals surface area contributed by atoms with Gasteiger partial charge in [0, 0.05) is 42.4 Å². The van der Waals surface area contributed by atoms with Crippen LogP contribution in [0, 0.1) is 0 Å². The number of anilines is 1. The first-order valence-electron chi connectivity index (χ1n) is 10.1. The highest BCUT2D eigenvalue weighted by atomic mass is 35.5. The van der Waals surface area contributed by atoms with Crippen LogP contribution in [0.2, 0.25) is 5.02 Å². The van der Waals surface area contributed by atoms with E-state index in [1.165, 1.54) is 42.4 Å². The zero-order valence-electron chi connectivity index (χ0n) is 19.4. The number of esters is 1. The summed E-state index contributed by atoms with van der Waals surface area (Å²) in [7, 11) is 2.97. The quantitative estimate of drug-likeness (QED) is 0.184. The van der Waals surface area contributed by atoms with Crippen LogP contribution in [-0.2, 0) is 14.3 Å². The van der Waals surface area contributed by atoms with Gasteiger partial charge in [-0.25, -0.2) is 10.6 Å². The zero-order chi connectivity index (χ0) is 24.8. The molecule has 0 saturated carbocycles. The van der Waals surface area contributed by atoms with Crippen molar-refractivity contribution in [3.8, 4) is 16.9 Å². The molecule has 0 aliphatic heterocycles. The minimum absolute atomic E-state index is 0.236. The number of nitrogens with two attached hydrogens (primary N) is 2. The average Bonchev–Trinajstić information content (AvgIpc) is 2.73. The Labute approximate surface area is 197 Å². The molecule has 1 heterocycles. The van der Waals surface area contributed by atoms with Gasteiger partial charge in [-0.15, -0.1) is 0 Å². The monoisotopic (exact) mass is 479 g/mol. The maximum atomic E-state index is 13.2. The van der Waals surface area contributed by atoms with Gasteiger partial charge in [-0.2, -0.15) is 5.10 Å². The smallest absolute Gasteiger partial charge is 0.329 e. The van der Waals surface area contributed by atoms with Crippen LogP contribution in [-0.4, -0.2) is 43.3 Å². The Bertz CT molecular complexity index is 1060. The van der Waals surface area contributed by atoms with Gasteiger partial charge in [0.25, 0.3) is 5.56 Å². The van der Waals surface area contributed by atoms with E-state index in [2.05, 4.69) is 5.10 Å². The van der Waals surface area contributed by atoms with Crippen molar-refractivity contribution < 1.29 is 19.0 Å². The number of halogens is 1. The molecule has 2 rings (SSSR count). The molecule has 33 heavy (non-hydrogen) atoms. The maximum absolute atomic E-state index is 13.2. The fourth-order valence-electron chi connectivity index (χ4n) is 3.20. The summed E-state index contributed by atoms with van der Waals surface area (Å²) in [6, 6.07) is 5.38. The van der Waals surface area contributed by atoms with Crippen molar-refractivity contribution in [2.24, 2.45) is 16.8 Å². The van der Waals surface area contributed by atoms with Gasteiger partial charge in [0.15, 0.2) is 0 Å². The molecule has 2 aromatic rings. The number of hydrazone groups is 1. The highest BCUT2D eigenvalue weighted by Gasteiger charge is 2.28. The predicted octanol–water partition coefficient (Wildman–Crippen LogP) is 2.68. The molecule has 0 spiro atoms. The summed E-state index contributed by atoms with van der Waals surface area (Å²) < 4.78 is 17.5. The molecule has 0 aliphatic rings. The lowest BCUT2D eigenvalue weighted by Gasteiger charge is -2.26. The average molecular weight is 480 g/mol. The summed E-state index contributed by atoms with van der Waals surface area (Å²) in [5, 5.41) is 5.04. The summed E-state index contributed by atoms with van der Waals surface area (Å²) in [4.78, 5) is 26.1. The Balaban J connectivity index is 2.66. The largest absolute Gasteiger partial charge is 0.495 e. The van der Waals surface area contributed by atoms with E-state index in [0.29, 0.717) is 27.6 Å². The van der Waals surface area contributed by atoms with Crippen molar-refractivity contribution in [2.45, 2.75) is 38.8 Å². The van der Waals surface area contributed by atoms with Gasteiger partial charge < -0.3 is 20.1 Å². The number of benzene rings is 1. The van der Waals surface area contributed by atoms with Crippen LogP contribution in [0.25, 0.3) is 11.1 Å². The molecule has 0 amide bonds. The van der Waals surface area contributed by atoms with E-state index < -0.39 is 23.2 Å². The van der Waals surface area contributed by atoms with Crippen molar-refractivity contribution in [3.63, 3.8) is 0 Å². The van der Waals surface area contributed by atoms with E-state index in [1.54, 1.807) is 39.0 Å². The molecule has 4 N–H and O–H groups in total. The molecular formula is C22H30ClN5O5. The molecule has 11 heteroatoms. The van der Waals surface area contributed by atoms with Crippen LogP contribution in [0.15, 0.2) is 40.4 Å². The summed E-state index contributed by atoms with van der Waals surface area (Å²) >= 11 is 6.21. The molecule has 0 fully saturated rings. The number of aromatic nitrogens is 1. The number of carbonyl (C=O) groups excluding carboxylic acids is 1. The summed E-state index contributed by atoms with van der Waals surface area (Å²) in [6.45, 7) is 5.53. The summed E-state index contributed by atoms with van der Waals surface area (Å²) in [5.41, 5.74) is 0.247. The van der Waals surface area contributed by atoms with Gasteiger partial charge in [0.1, 0.15) is 23.7 Å². The van der Waals surface area contributed by atoms with Crippen molar-refractivity contribution in [2.75, 3.05) is 25.8 Å². The molecule has 0 saturated heterocycles. The minimum atomic E-state index is -0.908. The minimum Gasteiger partial charge on any atom is -0.495 e. The van der Waals surface area contributed by atoms with Crippen LogP contribution >= 0.6 is 11.6 Å². The molecule has 0 radical (unpaired) electrons. The molecule has 180 valence electrons. The van der Waals surface area contributed by atoms with Crippen LogP contribution in [0.4, 0.5) is 5.69 Å². The molecular weight excluding hydrogens is 450 g/mol. The van der Waals surface area contributed by atoms with E-state index >= 15 is 0 Å². The number of hydrogen-bond acceptors (Lipinski definition) is 8. The lowest BCUT2D eigenvalue weighted by Crippen LogP contribution is -2.35. The highest BCUT2D eigenvalue weighted by Crippen LogP contribution is 2.37. The van der Waals surface area contributed by atoms with Crippen LogP contribution in [0.3, 0.4) is 0 Å². The molecule has 0 aliphatic carbocycles. The fourth-order valence-corrected chi connectivity index (χ4v) is 3.37. The van der Waals surface area contributed by atoms with Gasteiger partial charge in [-0.1, -0.05) is 11.6 Å². The van der Waals surface area contributed by atoms with E-state index in [1.807, 2.05) is 0 Å². The topological polar surface area (TPSA) is 134 Å². The first-order valence-corrected chi connectivity index (χ1v) is 10.5. The van der Waals surface area contributed by atoms with Crippen molar-refractivity contribution in [1.29, 1.82) is 0 Å². The normalized spacial score (nSPS) is 12.6. The predicted molar refractivity (Wildman–Crippen MR) is 128 cm³/mol. The van der Waals surface area contributed by atoms with Gasteiger partial charge in [-0.05, 0) is 39.0 Å². The van der Waals surface area contributed by atoms with Crippen molar-refractivity contribution in [1.82, 2.24) is 4.57 Å². The van der Waals surface area contributed by atoms with Crippen LogP contribution in [0.5, 0.6) is 5.75 Å². The lowest BCUT2D eigenvalue weighted by atomic mass is 10.0. The number of rotatable bonds is 9. The molecule has 1 atom stereocenters. The standard InChI is InChI=1S/C22H30ClN5O5/c1-22(2,3)33-21(30)18(8-9-31-4)27-12-19(32-5)16(11-20(27)29)15-10-14(23)6-7-17(15)28(25)13-26-24/h6-7,10-13,18H,8-9,24-25H2,1-5H3/b26-13-. The number of pyridine rings is 1. The fraction of sp³-hybridized carbons (Fsp3) is 0.409. The Hall–Kier alpha value is -3.08. The van der Waals surface area contributed by atoms with Crippen molar-refractivity contribution in [3.05, 3.63) is 45.8 Å². The summed E-state index contributed by atoms with van der Waals surface area (Å²) in [6.07, 6.45) is 2.91. The van der Waals surface area contributed by atoms with Crippen LogP contribution in [0.1, 0.15) is 33.2 Å². The second-order valence-corrected chi connectivity index (χ2v) is 8.60. The van der Waals surface area contributed by atoms with Gasteiger partial charge >= 0.3 is 5.97 Å². The summed E-state index contributed by atoms with van der Waals surface area (Å²) in [5.74, 6) is 11.0. The first kappa shape index (κ1) is 26.2. The second kappa shape index (κ2) is 11.2. The van der Waals surface area contributed by atoms with Crippen LogP contribution < -0.4 is 27.0 Å². The third kappa shape index (κ3) is 6.70. The van der Waals surface area contributed by atoms with Crippen molar-refractivity contribution >= 4 is 29.6 Å². The lowest BCUT2D eigenvalue weighted by molar-refractivity contribution is -0.159. The highest BCUT2D eigenvalue weighted by molar-refractivity contribution is 6.31. The number of methoxy groups -OCH3 is 2.